The van der Waals surface area contributed by atoms with Gasteiger partial charge in [-0.1, -0.05) is 12.1 Å². The molecule has 0 aliphatic carbocycles. The first kappa shape index (κ1) is 14.5. The lowest BCUT2D eigenvalue weighted by Crippen LogP contribution is -2.27. The van der Waals surface area contributed by atoms with Crippen LogP contribution < -0.4 is 15.8 Å². The van der Waals surface area contributed by atoms with Crippen LogP contribution in [0, 0.1) is 6.92 Å². The maximum atomic E-state index is 11.6. The Bertz CT molecular complexity index is 405. The summed E-state index contributed by atoms with van der Waals surface area (Å²) >= 11 is 0. The van der Waals surface area contributed by atoms with Gasteiger partial charge in [0.25, 0.3) is 0 Å². The van der Waals surface area contributed by atoms with Crippen LogP contribution in [0.4, 0.5) is 0 Å². The number of hydrogen-bond acceptors (Lipinski definition) is 3. The number of carbonyl (C=O) groups excluding carboxylic acids is 1. The maximum absolute atomic E-state index is 11.6. The molecule has 3 N–H and O–H groups in total. The fourth-order valence-electron chi connectivity index (χ4n) is 1.99. The quantitative estimate of drug-likeness (QED) is 0.805. The van der Waals surface area contributed by atoms with Crippen molar-refractivity contribution in [2.75, 3.05) is 20.2 Å². The third kappa shape index (κ3) is 3.74. The maximum Gasteiger partial charge on any atom is 0.220 e. The van der Waals surface area contributed by atoms with Gasteiger partial charge >= 0.3 is 0 Å². The molecule has 1 aromatic rings. The zero-order valence-corrected chi connectivity index (χ0v) is 11.3. The normalized spacial score (nSPS) is 12.0. The Balaban J connectivity index is 2.82. The molecule has 0 radical (unpaired) electrons. The van der Waals surface area contributed by atoms with Crippen LogP contribution >= 0.6 is 0 Å². The van der Waals surface area contributed by atoms with Crippen LogP contribution in [0.25, 0.3) is 0 Å². The van der Waals surface area contributed by atoms with Crippen molar-refractivity contribution in [1.82, 2.24) is 5.32 Å². The zero-order valence-electron chi connectivity index (χ0n) is 11.3. The molecule has 1 aromatic carbocycles. The summed E-state index contributed by atoms with van der Waals surface area (Å²) in [4.78, 5) is 11.6. The number of carbonyl (C=O) groups is 1. The molecule has 1 atom stereocenters. The van der Waals surface area contributed by atoms with E-state index in [1.807, 2.05) is 32.0 Å². The van der Waals surface area contributed by atoms with E-state index >= 15 is 0 Å². The highest BCUT2D eigenvalue weighted by Crippen LogP contribution is 2.25. The molecule has 0 heterocycles. The summed E-state index contributed by atoms with van der Waals surface area (Å²) in [5.41, 5.74) is 7.90. The SMILES string of the molecule is CCNC(=O)CC(CN)c1ccc(OC)c(C)c1. The van der Waals surface area contributed by atoms with E-state index in [0.29, 0.717) is 19.5 Å². The molecule has 0 aliphatic rings. The minimum Gasteiger partial charge on any atom is -0.496 e. The lowest BCUT2D eigenvalue weighted by Gasteiger charge is -2.16. The van der Waals surface area contributed by atoms with Crippen molar-refractivity contribution < 1.29 is 9.53 Å². The standard InChI is InChI=1S/C14H22N2O2/c1-4-16-14(17)8-12(9-15)11-5-6-13(18-3)10(2)7-11/h5-7,12H,4,8-9,15H2,1-3H3,(H,16,17). The Morgan fingerprint density at radius 2 is 2.22 bits per heavy atom. The van der Waals surface area contributed by atoms with Crippen molar-refractivity contribution >= 4 is 5.91 Å². The number of hydrogen-bond donors (Lipinski definition) is 2. The van der Waals surface area contributed by atoms with Gasteiger partial charge in [0.05, 0.1) is 7.11 Å². The van der Waals surface area contributed by atoms with E-state index in [9.17, 15) is 4.79 Å². The van der Waals surface area contributed by atoms with Crippen molar-refractivity contribution in [2.45, 2.75) is 26.2 Å². The van der Waals surface area contributed by atoms with Gasteiger partial charge in [-0.2, -0.15) is 0 Å². The number of methoxy groups -OCH3 is 1. The Kier molecular flexibility index (Phi) is 5.65. The van der Waals surface area contributed by atoms with E-state index in [1.165, 1.54) is 0 Å². The number of nitrogens with two attached hydrogens (primary N) is 1. The number of rotatable bonds is 6. The van der Waals surface area contributed by atoms with Crippen LogP contribution in [0.1, 0.15) is 30.4 Å². The summed E-state index contributed by atoms with van der Waals surface area (Å²) in [6.07, 6.45) is 0.427. The topological polar surface area (TPSA) is 64.4 Å². The van der Waals surface area contributed by atoms with E-state index in [1.54, 1.807) is 7.11 Å². The van der Waals surface area contributed by atoms with E-state index in [4.69, 9.17) is 10.5 Å². The van der Waals surface area contributed by atoms with Crippen LogP contribution in [0.2, 0.25) is 0 Å². The Hall–Kier alpha value is -1.55. The van der Waals surface area contributed by atoms with Gasteiger partial charge in [0.1, 0.15) is 5.75 Å². The largest absolute Gasteiger partial charge is 0.496 e. The predicted molar refractivity (Wildman–Crippen MR) is 72.8 cm³/mol. The fraction of sp³-hybridized carbons (Fsp3) is 0.500. The third-order valence-electron chi connectivity index (χ3n) is 2.98. The van der Waals surface area contributed by atoms with Crippen LogP contribution in [0.15, 0.2) is 18.2 Å². The van der Waals surface area contributed by atoms with Crippen molar-refractivity contribution in [1.29, 1.82) is 0 Å². The van der Waals surface area contributed by atoms with Crippen molar-refractivity contribution in [3.05, 3.63) is 29.3 Å². The first-order chi connectivity index (χ1) is 8.62. The molecule has 0 bridgehead atoms. The highest BCUT2D eigenvalue weighted by molar-refractivity contribution is 5.76. The molecule has 4 nitrogen and oxygen atoms in total. The summed E-state index contributed by atoms with van der Waals surface area (Å²) in [5, 5.41) is 2.80. The average molecular weight is 250 g/mol. The Morgan fingerprint density at radius 3 is 2.72 bits per heavy atom. The second kappa shape index (κ2) is 7.01. The van der Waals surface area contributed by atoms with Gasteiger partial charge in [-0.3, -0.25) is 4.79 Å². The minimum atomic E-state index is 0.0430. The van der Waals surface area contributed by atoms with E-state index < -0.39 is 0 Å². The lowest BCUT2D eigenvalue weighted by atomic mass is 9.94. The van der Waals surface area contributed by atoms with E-state index in [-0.39, 0.29) is 11.8 Å². The Morgan fingerprint density at radius 1 is 1.50 bits per heavy atom. The fourth-order valence-corrected chi connectivity index (χ4v) is 1.99. The van der Waals surface area contributed by atoms with Gasteiger partial charge in [-0.25, -0.2) is 0 Å². The number of aryl methyl sites for hydroxylation is 1. The molecular weight excluding hydrogens is 228 g/mol. The van der Waals surface area contributed by atoms with E-state index in [0.717, 1.165) is 16.9 Å². The van der Waals surface area contributed by atoms with Crippen molar-refractivity contribution in [3.63, 3.8) is 0 Å². The second-order valence-corrected chi connectivity index (χ2v) is 4.32. The molecule has 0 spiro atoms. The molecular formula is C14H22N2O2. The van der Waals surface area contributed by atoms with Gasteiger partial charge in [-0.15, -0.1) is 0 Å². The molecule has 0 saturated heterocycles. The molecule has 1 unspecified atom stereocenters. The van der Waals surface area contributed by atoms with Crippen LogP contribution in [0.3, 0.4) is 0 Å². The number of ether oxygens (including phenoxy) is 1. The first-order valence-electron chi connectivity index (χ1n) is 6.23. The van der Waals surface area contributed by atoms with Crippen molar-refractivity contribution in [2.24, 2.45) is 5.73 Å². The number of benzene rings is 1. The molecule has 4 heteroatoms. The molecule has 1 rings (SSSR count). The van der Waals surface area contributed by atoms with Gasteiger partial charge in [-0.05, 0) is 37.6 Å². The molecule has 1 amide bonds. The summed E-state index contributed by atoms with van der Waals surface area (Å²) in [5.74, 6) is 0.954. The summed E-state index contributed by atoms with van der Waals surface area (Å²) in [7, 11) is 1.65. The summed E-state index contributed by atoms with van der Waals surface area (Å²) < 4.78 is 5.22. The average Bonchev–Trinajstić information content (AvgIpc) is 2.36. The van der Waals surface area contributed by atoms with Crippen LogP contribution in [0.5, 0.6) is 5.75 Å². The summed E-state index contributed by atoms with van der Waals surface area (Å²) in [6, 6.07) is 5.93. The predicted octanol–water partition coefficient (Wildman–Crippen LogP) is 1.57. The summed E-state index contributed by atoms with van der Waals surface area (Å²) in [6.45, 7) is 5.01. The highest BCUT2D eigenvalue weighted by atomic mass is 16.5. The molecule has 100 valence electrons. The minimum absolute atomic E-state index is 0.0430. The number of amides is 1. The van der Waals surface area contributed by atoms with E-state index in [2.05, 4.69) is 5.32 Å². The first-order valence-corrected chi connectivity index (χ1v) is 6.23. The second-order valence-electron chi connectivity index (χ2n) is 4.32. The molecule has 0 aliphatic heterocycles. The van der Waals surface area contributed by atoms with Gasteiger partial charge in [0.2, 0.25) is 5.91 Å². The third-order valence-corrected chi connectivity index (χ3v) is 2.98. The van der Waals surface area contributed by atoms with Gasteiger partial charge in [0, 0.05) is 18.9 Å². The smallest absolute Gasteiger partial charge is 0.220 e. The van der Waals surface area contributed by atoms with Crippen LogP contribution in [-0.2, 0) is 4.79 Å². The number of nitrogens with one attached hydrogen (secondary N) is 1. The monoisotopic (exact) mass is 250 g/mol. The molecule has 0 aromatic heterocycles. The highest BCUT2D eigenvalue weighted by Gasteiger charge is 2.15. The Labute approximate surface area is 109 Å². The molecule has 0 fully saturated rings. The van der Waals surface area contributed by atoms with Gasteiger partial charge < -0.3 is 15.8 Å². The zero-order chi connectivity index (χ0) is 13.5. The van der Waals surface area contributed by atoms with Gasteiger partial charge in [0.15, 0.2) is 0 Å². The van der Waals surface area contributed by atoms with Crippen LogP contribution in [-0.4, -0.2) is 26.1 Å². The lowest BCUT2D eigenvalue weighted by molar-refractivity contribution is -0.121. The molecule has 18 heavy (non-hydrogen) atoms. The molecule has 0 saturated carbocycles. The van der Waals surface area contributed by atoms with Crippen molar-refractivity contribution in [3.8, 4) is 5.75 Å².